The van der Waals surface area contributed by atoms with Crippen LogP contribution in [0.1, 0.15) is 10.5 Å². The number of aromatic nitrogens is 3. The molecule has 0 atom stereocenters. The third-order valence-electron chi connectivity index (χ3n) is 2.73. The zero-order chi connectivity index (χ0) is 13.4. The van der Waals surface area contributed by atoms with Gasteiger partial charge in [0.1, 0.15) is 5.82 Å². The molecular formula is C13H8FN3O2. The SMILES string of the molecule is O=C(O)c1cn2c(-c3ccc(F)cc3)ccnc2n1. The Bertz CT molecular complexity index is 765. The molecule has 94 valence electrons. The predicted molar refractivity (Wildman–Crippen MR) is 65.3 cm³/mol. The monoisotopic (exact) mass is 257 g/mol. The zero-order valence-corrected chi connectivity index (χ0v) is 9.62. The third-order valence-corrected chi connectivity index (χ3v) is 2.73. The summed E-state index contributed by atoms with van der Waals surface area (Å²) >= 11 is 0. The Morgan fingerprint density at radius 3 is 2.63 bits per heavy atom. The Balaban J connectivity index is 2.23. The fraction of sp³-hybridized carbons (Fsp3) is 0. The van der Waals surface area contributed by atoms with Crippen molar-refractivity contribution in [3.05, 3.63) is 54.2 Å². The van der Waals surface area contributed by atoms with Crippen LogP contribution in [-0.4, -0.2) is 25.4 Å². The Kier molecular flexibility index (Phi) is 2.49. The summed E-state index contributed by atoms with van der Waals surface area (Å²) in [6.07, 6.45) is 2.93. The van der Waals surface area contributed by atoms with Gasteiger partial charge in [0.15, 0.2) is 5.69 Å². The van der Waals surface area contributed by atoms with E-state index < -0.39 is 5.97 Å². The van der Waals surface area contributed by atoms with Gasteiger partial charge >= 0.3 is 5.97 Å². The van der Waals surface area contributed by atoms with E-state index >= 15 is 0 Å². The van der Waals surface area contributed by atoms with Gasteiger partial charge in [-0.25, -0.2) is 19.2 Å². The van der Waals surface area contributed by atoms with Gasteiger partial charge in [0.25, 0.3) is 0 Å². The summed E-state index contributed by atoms with van der Waals surface area (Å²) in [4.78, 5) is 18.8. The Morgan fingerprint density at radius 1 is 1.21 bits per heavy atom. The zero-order valence-electron chi connectivity index (χ0n) is 9.62. The van der Waals surface area contributed by atoms with Crippen LogP contribution in [0.25, 0.3) is 17.0 Å². The fourth-order valence-electron chi connectivity index (χ4n) is 1.85. The van der Waals surface area contributed by atoms with E-state index in [2.05, 4.69) is 9.97 Å². The molecule has 0 aliphatic heterocycles. The molecule has 0 bridgehead atoms. The number of imidazole rings is 1. The van der Waals surface area contributed by atoms with E-state index in [0.29, 0.717) is 11.5 Å². The molecule has 0 radical (unpaired) electrons. The molecule has 0 aliphatic carbocycles. The van der Waals surface area contributed by atoms with Gasteiger partial charge in [0.05, 0.1) is 5.69 Å². The Morgan fingerprint density at radius 2 is 1.95 bits per heavy atom. The molecule has 2 aromatic heterocycles. The molecule has 0 saturated heterocycles. The van der Waals surface area contributed by atoms with Crippen LogP contribution in [0.2, 0.25) is 0 Å². The summed E-state index contributed by atoms with van der Waals surface area (Å²) in [7, 11) is 0. The van der Waals surface area contributed by atoms with Crippen molar-refractivity contribution in [2.45, 2.75) is 0 Å². The average molecular weight is 257 g/mol. The molecule has 0 unspecified atom stereocenters. The average Bonchev–Trinajstić information content (AvgIpc) is 2.83. The summed E-state index contributed by atoms with van der Waals surface area (Å²) in [5.74, 6) is -1.15. The van der Waals surface area contributed by atoms with Gasteiger partial charge < -0.3 is 5.11 Å². The lowest BCUT2D eigenvalue weighted by Crippen LogP contribution is -1.95. The van der Waals surface area contributed by atoms with Crippen molar-refractivity contribution in [3.8, 4) is 11.3 Å². The number of aromatic carboxylic acids is 1. The van der Waals surface area contributed by atoms with E-state index in [4.69, 9.17) is 5.11 Å². The standard InChI is InChI=1S/C13H8FN3O2/c14-9-3-1-8(2-4-9)11-5-6-15-13-16-10(12(18)19)7-17(11)13/h1-7H,(H,18,19). The first-order valence-electron chi connectivity index (χ1n) is 5.48. The first kappa shape index (κ1) is 11.3. The second kappa shape index (κ2) is 4.16. The minimum Gasteiger partial charge on any atom is -0.476 e. The second-order valence-corrected chi connectivity index (χ2v) is 3.94. The molecule has 3 rings (SSSR count). The molecular weight excluding hydrogens is 249 g/mol. The Labute approximate surface area is 107 Å². The maximum absolute atomic E-state index is 12.9. The number of carboxylic acids is 1. The fourth-order valence-corrected chi connectivity index (χ4v) is 1.85. The highest BCUT2D eigenvalue weighted by molar-refractivity contribution is 5.86. The summed E-state index contributed by atoms with van der Waals surface area (Å²) in [5.41, 5.74) is 1.37. The number of carboxylic acid groups (broad SMARTS) is 1. The number of carbonyl (C=O) groups is 1. The van der Waals surface area contributed by atoms with Crippen LogP contribution in [0.4, 0.5) is 4.39 Å². The summed E-state index contributed by atoms with van der Waals surface area (Å²) in [6, 6.07) is 7.63. The number of rotatable bonds is 2. The molecule has 0 amide bonds. The molecule has 5 nitrogen and oxygen atoms in total. The lowest BCUT2D eigenvalue weighted by Gasteiger charge is -2.04. The van der Waals surface area contributed by atoms with E-state index in [0.717, 1.165) is 5.56 Å². The van der Waals surface area contributed by atoms with E-state index in [9.17, 15) is 9.18 Å². The smallest absolute Gasteiger partial charge is 0.356 e. The van der Waals surface area contributed by atoms with Crippen LogP contribution in [0.15, 0.2) is 42.7 Å². The van der Waals surface area contributed by atoms with Gasteiger partial charge in [0.2, 0.25) is 5.78 Å². The highest BCUT2D eigenvalue weighted by Gasteiger charge is 2.12. The van der Waals surface area contributed by atoms with E-state index in [1.54, 1.807) is 22.6 Å². The molecule has 2 heterocycles. The van der Waals surface area contributed by atoms with Crippen LogP contribution >= 0.6 is 0 Å². The van der Waals surface area contributed by atoms with Crippen molar-refractivity contribution >= 4 is 11.7 Å². The van der Waals surface area contributed by atoms with Crippen molar-refractivity contribution in [1.82, 2.24) is 14.4 Å². The van der Waals surface area contributed by atoms with E-state index in [1.165, 1.54) is 24.5 Å². The van der Waals surface area contributed by atoms with Crippen LogP contribution in [-0.2, 0) is 0 Å². The lowest BCUT2D eigenvalue weighted by molar-refractivity contribution is 0.0691. The molecule has 0 spiro atoms. The van der Waals surface area contributed by atoms with Gasteiger partial charge in [-0.3, -0.25) is 4.40 Å². The van der Waals surface area contributed by atoms with Gasteiger partial charge in [-0.05, 0) is 35.9 Å². The van der Waals surface area contributed by atoms with Gasteiger partial charge in [-0.1, -0.05) is 0 Å². The maximum Gasteiger partial charge on any atom is 0.356 e. The molecule has 0 saturated carbocycles. The molecule has 19 heavy (non-hydrogen) atoms. The molecule has 1 N–H and O–H groups in total. The Hall–Kier alpha value is -2.76. The lowest BCUT2D eigenvalue weighted by atomic mass is 10.1. The van der Waals surface area contributed by atoms with Crippen LogP contribution in [0, 0.1) is 5.82 Å². The number of fused-ring (bicyclic) bond motifs is 1. The maximum atomic E-state index is 12.9. The van der Waals surface area contributed by atoms with Gasteiger partial charge in [-0.15, -0.1) is 0 Å². The van der Waals surface area contributed by atoms with Gasteiger partial charge in [-0.2, -0.15) is 0 Å². The summed E-state index contributed by atoms with van der Waals surface area (Å²) in [6.45, 7) is 0. The first-order chi connectivity index (χ1) is 9.15. The van der Waals surface area contributed by atoms with Crippen molar-refractivity contribution < 1.29 is 14.3 Å². The van der Waals surface area contributed by atoms with Crippen molar-refractivity contribution in [2.24, 2.45) is 0 Å². The molecule has 6 heteroatoms. The molecule has 1 aromatic carbocycles. The van der Waals surface area contributed by atoms with E-state index in [1.807, 2.05) is 0 Å². The number of hydrogen-bond acceptors (Lipinski definition) is 3. The molecule has 0 aliphatic rings. The summed E-state index contributed by atoms with van der Waals surface area (Å²) in [5, 5.41) is 8.93. The van der Waals surface area contributed by atoms with Gasteiger partial charge in [0, 0.05) is 12.4 Å². The first-order valence-corrected chi connectivity index (χ1v) is 5.48. The second-order valence-electron chi connectivity index (χ2n) is 3.94. The van der Waals surface area contributed by atoms with Crippen LogP contribution < -0.4 is 0 Å². The number of halogens is 1. The van der Waals surface area contributed by atoms with Crippen LogP contribution in [0.3, 0.4) is 0 Å². The summed E-state index contributed by atoms with van der Waals surface area (Å²) < 4.78 is 14.5. The third kappa shape index (κ3) is 1.93. The number of nitrogens with zero attached hydrogens (tertiary/aromatic N) is 3. The van der Waals surface area contributed by atoms with E-state index in [-0.39, 0.29) is 11.5 Å². The normalized spacial score (nSPS) is 10.8. The predicted octanol–water partition coefficient (Wildman–Crippen LogP) is 2.23. The minimum atomic E-state index is -1.12. The molecule has 3 aromatic rings. The number of benzene rings is 1. The topological polar surface area (TPSA) is 67.5 Å². The quantitative estimate of drug-likeness (QED) is 0.764. The minimum absolute atomic E-state index is 0.0814. The van der Waals surface area contributed by atoms with Crippen molar-refractivity contribution in [1.29, 1.82) is 0 Å². The largest absolute Gasteiger partial charge is 0.476 e. The van der Waals surface area contributed by atoms with Crippen molar-refractivity contribution in [2.75, 3.05) is 0 Å². The van der Waals surface area contributed by atoms with Crippen molar-refractivity contribution in [3.63, 3.8) is 0 Å². The van der Waals surface area contributed by atoms with Crippen LogP contribution in [0.5, 0.6) is 0 Å². The molecule has 0 fully saturated rings. The highest BCUT2D eigenvalue weighted by Crippen LogP contribution is 2.20. The highest BCUT2D eigenvalue weighted by atomic mass is 19.1. The number of hydrogen-bond donors (Lipinski definition) is 1.